The molecule has 2 amide bonds. The molecule has 0 radical (unpaired) electrons. The van der Waals surface area contributed by atoms with Gasteiger partial charge in [-0.2, -0.15) is 0 Å². The molecule has 0 bridgehead atoms. The fraction of sp³-hybridized carbons (Fsp3) is 0.300. The number of halogens is 2. The Morgan fingerprint density at radius 3 is 2.62 bits per heavy atom. The summed E-state index contributed by atoms with van der Waals surface area (Å²) in [6.07, 6.45) is 1.57. The Labute approximate surface area is 166 Å². The molecule has 2 aromatic rings. The molecule has 1 aliphatic heterocycles. The number of nitrogens with one attached hydrogen (secondary N) is 1. The maximum Gasteiger partial charge on any atom is 0.253 e. The lowest BCUT2D eigenvalue weighted by Crippen LogP contribution is -2.43. The Kier molecular flexibility index (Phi) is 5.99. The van der Waals surface area contributed by atoms with E-state index in [1.165, 1.54) is 0 Å². The van der Waals surface area contributed by atoms with Crippen LogP contribution in [0.1, 0.15) is 28.8 Å². The summed E-state index contributed by atoms with van der Waals surface area (Å²) in [7, 11) is 0. The number of amides is 2. The summed E-state index contributed by atoms with van der Waals surface area (Å²) < 4.78 is 0.855. The number of rotatable bonds is 3. The lowest BCUT2D eigenvalue weighted by atomic mass is 9.96. The molecule has 0 saturated carbocycles. The quantitative estimate of drug-likeness (QED) is 0.745. The van der Waals surface area contributed by atoms with E-state index in [1.807, 2.05) is 37.3 Å². The molecule has 1 N–H and O–H groups in total. The molecule has 3 rings (SSSR count). The number of anilines is 1. The second kappa shape index (κ2) is 8.23. The number of nitrogens with zero attached hydrogens (tertiary/aromatic N) is 1. The van der Waals surface area contributed by atoms with Crippen LogP contribution in [0.15, 0.2) is 46.9 Å². The zero-order chi connectivity index (χ0) is 18.7. The third-order valence-corrected chi connectivity index (χ3v) is 5.37. The highest BCUT2D eigenvalue weighted by atomic mass is 79.9. The first-order valence-electron chi connectivity index (χ1n) is 8.56. The van der Waals surface area contributed by atoms with Gasteiger partial charge in [0.15, 0.2) is 0 Å². The largest absolute Gasteiger partial charge is 0.338 e. The van der Waals surface area contributed by atoms with Crippen LogP contribution >= 0.6 is 27.5 Å². The predicted octanol–water partition coefficient (Wildman–Crippen LogP) is 4.90. The summed E-state index contributed by atoms with van der Waals surface area (Å²) in [4.78, 5) is 27.1. The summed E-state index contributed by atoms with van der Waals surface area (Å²) in [5.41, 5.74) is 2.36. The van der Waals surface area contributed by atoms with Crippen LogP contribution in [0, 0.1) is 12.8 Å². The van der Waals surface area contributed by atoms with Crippen molar-refractivity contribution in [2.75, 3.05) is 18.4 Å². The Balaban J connectivity index is 1.66. The highest BCUT2D eigenvalue weighted by Crippen LogP contribution is 2.27. The van der Waals surface area contributed by atoms with E-state index in [0.29, 0.717) is 29.4 Å². The lowest BCUT2D eigenvalue weighted by molar-refractivity contribution is -0.121. The van der Waals surface area contributed by atoms with E-state index in [4.69, 9.17) is 11.6 Å². The van der Waals surface area contributed by atoms with Crippen LogP contribution in [-0.4, -0.2) is 29.8 Å². The third kappa shape index (κ3) is 4.46. The van der Waals surface area contributed by atoms with E-state index >= 15 is 0 Å². The average Bonchev–Trinajstić information content (AvgIpc) is 2.64. The molecular formula is C20H20BrClN2O2. The minimum Gasteiger partial charge on any atom is -0.338 e. The second-order valence-electron chi connectivity index (χ2n) is 6.57. The number of likely N-dealkylation sites (tertiary alicyclic amines) is 1. The van der Waals surface area contributed by atoms with Gasteiger partial charge < -0.3 is 10.2 Å². The van der Waals surface area contributed by atoms with Crippen LogP contribution in [0.5, 0.6) is 0 Å². The van der Waals surface area contributed by atoms with E-state index in [2.05, 4.69) is 21.2 Å². The van der Waals surface area contributed by atoms with E-state index in [9.17, 15) is 9.59 Å². The zero-order valence-electron chi connectivity index (χ0n) is 14.5. The molecule has 1 atom stereocenters. The zero-order valence-corrected chi connectivity index (χ0v) is 16.8. The van der Waals surface area contributed by atoms with Crippen molar-refractivity contribution in [2.45, 2.75) is 19.8 Å². The first-order valence-corrected chi connectivity index (χ1v) is 9.73. The van der Waals surface area contributed by atoms with E-state index in [0.717, 1.165) is 22.9 Å². The maximum absolute atomic E-state index is 12.7. The number of carbonyl (C=O) groups is 2. The van der Waals surface area contributed by atoms with Crippen molar-refractivity contribution in [3.05, 3.63) is 63.1 Å². The molecule has 0 aromatic heterocycles. The first kappa shape index (κ1) is 18.9. The van der Waals surface area contributed by atoms with Crippen molar-refractivity contribution >= 4 is 45.0 Å². The number of hydrogen-bond donors (Lipinski definition) is 1. The molecular weight excluding hydrogens is 416 g/mol. The van der Waals surface area contributed by atoms with Gasteiger partial charge in [-0.05, 0) is 50.1 Å². The minimum atomic E-state index is -0.238. The summed E-state index contributed by atoms with van der Waals surface area (Å²) in [6, 6.07) is 12.9. The van der Waals surface area contributed by atoms with Gasteiger partial charge in [-0.15, -0.1) is 0 Å². The molecule has 0 spiro atoms. The highest BCUT2D eigenvalue weighted by Gasteiger charge is 2.29. The monoisotopic (exact) mass is 434 g/mol. The van der Waals surface area contributed by atoms with Gasteiger partial charge in [0.05, 0.1) is 16.6 Å². The molecule has 1 saturated heterocycles. The molecule has 6 heteroatoms. The van der Waals surface area contributed by atoms with Crippen LogP contribution in [0.25, 0.3) is 0 Å². The van der Waals surface area contributed by atoms with Gasteiger partial charge >= 0.3 is 0 Å². The van der Waals surface area contributed by atoms with Crippen molar-refractivity contribution in [1.82, 2.24) is 4.90 Å². The second-order valence-corrected chi connectivity index (χ2v) is 7.89. The smallest absolute Gasteiger partial charge is 0.253 e. The molecule has 1 aliphatic rings. The van der Waals surface area contributed by atoms with Crippen molar-refractivity contribution in [2.24, 2.45) is 5.92 Å². The van der Waals surface area contributed by atoms with E-state index in [-0.39, 0.29) is 17.7 Å². The Morgan fingerprint density at radius 1 is 1.19 bits per heavy atom. The SMILES string of the molecule is Cc1ccc(C(=O)N2CCCC(C(=O)Nc3ccc(Br)cc3Cl)C2)cc1. The van der Waals surface area contributed by atoms with Gasteiger partial charge in [-0.3, -0.25) is 9.59 Å². The Morgan fingerprint density at radius 2 is 1.92 bits per heavy atom. The Bertz CT molecular complexity index is 823. The first-order chi connectivity index (χ1) is 12.4. The lowest BCUT2D eigenvalue weighted by Gasteiger charge is -2.32. The van der Waals surface area contributed by atoms with Gasteiger partial charge in [-0.25, -0.2) is 0 Å². The summed E-state index contributed by atoms with van der Waals surface area (Å²) in [5.74, 6) is -0.363. The minimum absolute atomic E-state index is 0.0239. The summed E-state index contributed by atoms with van der Waals surface area (Å²) in [6.45, 7) is 3.09. The van der Waals surface area contributed by atoms with Crippen LogP contribution in [-0.2, 0) is 4.79 Å². The number of aryl methyl sites for hydroxylation is 1. The average molecular weight is 436 g/mol. The fourth-order valence-corrected chi connectivity index (χ4v) is 3.80. The van der Waals surface area contributed by atoms with Gasteiger partial charge in [0.1, 0.15) is 0 Å². The molecule has 1 heterocycles. The third-order valence-electron chi connectivity index (χ3n) is 4.57. The van der Waals surface area contributed by atoms with E-state index < -0.39 is 0 Å². The summed E-state index contributed by atoms with van der Waals surface area (Å²) >= 11 is 9.52. The predicted molar refractivity (Wildman–Crippen MR) is 108 cm³/mol. The number of piperidine rings is 1. The van der Waals surface area contributed by atoms with Crippen LogP contribution < -0.4 is 5.32 Å². The normalized spacial score (nSPS) is 17.0. The van der Waals surface area contributed by atoms with Gasteiger partial charge in [0, 0.05) is 23.1 Å². The van der Waals surface area contributed by atoms with Crippen LogP contribution in [0.3, 0.4) is 0 Å². The molecule has 2 aromatic carbocycles. The number of hydrogen-bond acceptors (Lipinski definition) is 2. The standard InChI is InChI=1S/C20H20BrClN2O2/c1-13-4-6-14(7-5-13)20(26)24-10-2-3-15(12-24)19(25)23-18-9-8-16(21)11-17(18)22/h4-9,11,15H,2-3,10,12H2,1H3,(H,23,25). The maximum atomic E-state index is 12.7. The fourth-order valence-electron chi connectivity index (χ4n) is 3.08. The molecule has 136 valence electrons. The van der Waals surface area contributed by atoms with Gasteiger partial charge in [0.25, 0.3) is 5.91 Å². The molecule has 1 unspecified atom stereocenters. The van der Waals surface area contributed by atoms with Gasteiger partial charge in [-0.1, -0.05) is 45.2 Å². The topological polar surface area (TPSA) is 49.4 Å². The summed E-state index contributed by atoms with van der Waals surface area (Å²) in [5, 5.41) is 3.37. The number of carbonyl (C=O) groups excluding carboxylic acids is 2. The molecule has 1 fully saturated rings. The number of benzene rings is 2. The van der Waals surface area contributed by atoms with Crippen molar-refractivity contribution in [3.8, 4) is 0 Å². The molecule has 0 aliphatic carbocycles. The van der Waals surface area contributed by atoms with Crippen molar-refractivity contribution in [3.63, 3.8) is 0 Å². The Hall–Kier alpha value is -1.85. The molecule has 4 nitrogen and oxygen atoms in total. The van der Waals surface area contributed by atoms with Crippen molar-refractivity contribution < 1.29 is 9.59 Å². The van der Waals surface area contributed by atoms with Crippen molar-refractivity contribution in [1.29, 1.82) is 0 Å². The highest BCUT2D eigenvalue weighted by molar-refractivity contribution is 9.10. The van der Waals surface area contributed by atoms with Crippen LogP contribution in [0.4, 0.5) is 5.69 Å². The molecule has 26 heavy (non-hydrogen) atoms. The van der Waals surface area contributed by atoms with E-state index in [1.54, 1.807) is 17.0 Å². The van der Waals surface area contributed by atoms with Crippen LogP contribution in [0.2, 0.25) is 5.02 Å². The van der Waals surface area contributed by atoms with Gasteiger partial charge in [0.2, 0.25) is 5.91 Å².